The molecule has 1 fully saturated rings. The van der Waals surface area contributed by atoms with Crippen molar-refractivity contribution in [3.63, 3.8) is 0 Å². The highest BCUT2D eigenvalue weighted by Crippen LogP contribution is 2.57. The van der Waals surface area contributed by atoms with Gasteiger partial charge in [-0.1, -0.05) is 46.9 Å². The third-order valence-corrected chi connectivity index (χ3v) is 5.60. The Balaban J connectivity index is 1.91. The van der Waals surface area contributed by atoms with E-state index in [2.05, 4.69) is 33.6 Å². The van der Waals surface area contributed by atoms with Crippen molar-refractivity contribution in [1.82, 2.24) is 0 Å². The van der Waals surface area contributed by atoms with Gasteiger partial charge in [-0.05, 0) is 47.1 Å². The van der Waals surface area contributed by atoms with Gasteiger partial charge in [-0.3, -0.25) is 4.99 Å². The second kappa shape index (κ2) is 7.58. The number of benzene rings is 2. The number of hydrogen-bond donors (Lipinski definition) is 0. The number of rotatable bonds is 5. The molecule has 2 atom stereocenters. The summed E-state index contributed by atoms with van der Waals surface area (Å²) in [6.07, 6.45) is -2.31. The summed E-state index contributed by atoms with van der Waals surface area (Å²) in [5.41, 5.74) is 2.43. The molecule has 0 bridgehead atoms. The van der Waals surface area contributed by atoms with Gasteiger partial charge in [-0.15, -0.1) is 0 Å². The van der Waals surface area contributed by atoms with Crippen LogP contribution in [0.5, 0.6) is 5.75 Å². The first-order valence-electron chi connectivity index (χ1n) is 8.25. The molecule has 6 heteroatoms. The van der Waals surface area contributed by atoms with Gasteiger partial charge < -0.3 is 4.74 Å². The fourth-order valence-electron chi connectivity index (χ4n) is 3.35. The summed E-state index contributed by atoms with van der Waals surface area (Å²) in [5, 5.41) is 0. The third-order valence-electron chi connectivity index (χ3n) is 4.72. The van der Waals surface area contributed by atoms with Crippen molar-refractivity contribution in [1.29, 1.82) is 0 Å². The Hall–Kier alpha value is -1.57. The first-order valence-corrected chi connectivity index (χ1v) is 9.77. The molecule has 1 aliphatic rings. The number of aliphatic imine (C=N–C) groups is 1. The number of halogens is 4. The molecule has 0 heterocycles. The molecule has 2 aromatic carbocycles. The van der Waals surface area contributed by atoms with Gasteiger partial charge in [0.05, 0.1) is 12.7 Å². The summed E-state index contributed by atoms with van der Waals surface area (Å²) in [7, 11) is 3.10. The van der Waals surface area contributed by atoms with Crippen molar-refractivity contribution in [3.8, 4) is 5.75 Å². The van der Waals surface area contributed by atoms with Crippen LogP contribution in [-0.2, 0) is 10.6 Å². The van der Waals surface area contributed by atoms with E-state index in [0.29, 0.717) is 0 Å². The van der Waals surface area contributed by atoms with E-state index in [1.165, 1.54) is 31.0 Å². The van der Waals surface area contributed by atoms with E-state index in [-0.39, 0.29) is 17.4 Å². The Morgan fingerprint density at radius 3 is 2.58 bits per heavy atom. The van der Waals surface area contributed by atoms with E-state index < -0.39 is 11.7 Å². The zero-order valence-corrected chi connectivity index (χ0v) is 16.6. The molecule has 1 aliphatic carbocycles. The van der Waals surface area contributed by atoms with Crippen molar-refractivity contribution in [3.05, 3.63) is 64.2 Å². The second-order valence-electron chi connectivity index (χ2n) is 6.39. The Morgan fingerprint density at radius 1 is 1.19 bits per heavy atom. The minimum absolute atomic E-state index is 0.0862. The average molecular weight is 473 g/mol. The van der Waals surface area contributed by atoms with E-state index in [0.717, 1.165) is 27.7 Å². The molecule has 138 valence electrons. The van der Waals surface area contributed by atoms with Gasteiger partial charge in [0.1, 0.15) is 5.75 Å². The molecule has 1 saturated carbocycles. The van der Waals surface area contributed by atoms with E-state index >= 15 is 0 Å². The van der Waals surface area contributed by atoms with Crippen LogP contribution >= 0.6 is 22.6 Å². The van der Waals surface area contributed by atoms with Crippen molar-refractivity contribution >= 4 is 28.8 Å². The number of nitrogens with zero attached hydrogens (tertiary/aromatic N) is 1. The number of alkyl halides is 4. The van der Waals surface area contributed by atoms with Crippen LogP contribution in [0.3, 0.4) is 0 Å². The number of ether oxygens (including phenoxy) is 1. The third kappa shape index (κ3) is 3.89. The maximum absolute atomic E-state index is 13.4. The van der Waals surface area contributed by atoms with Crippen LogP contribution < -0.4 is 4.74 Å². The zero-order valence-electron chi connectivity index (χ0n) is 14.5. The minimum Gasteiger partial charge on any atom is -0.496 e. The molecule has 0 aromatic heterocycles. The summed E-state index contributed by atoms with van der Waals surface area (Å²) in [6.45, 7) is 0. The molecular weight excluding hydrogens is 454 g/mol. The predicted molar refractivity (Wildman–Crippen MR) is 106 cm³/mol. The Kier molecular flexibility index (Phi) is 5.60. The van der Waals surface area contributed by atoms with Gasteiger partial charge in [0.15, 0.2) is 0 Å². The molecule has 0 aliphatic heterocycles. The van der Waals surface area contributed by atoms with Crippen LogP contribution in [0.1, 0.15) is 46.1 Å². The average Bonchev–Trinajstić information content (AvgIpc) is 3.41. The van der Waals surface area contributed by atoms with Crippen LogP contribution in [-0.4, -0.2) is 20.4 Å². The standard InChI is InChI=1S/C20H19F3INO/c1-25-11-14-5-4-13(8-18(14)20(21,22)23)16-9-17(16)15-6-3-12(10-24)7-19(15)26-2/h3-8,11,16-17H,9-10H2,1-2H3. The van der Waals surface area contributed by atoms with E-state index in [1.807, 2.05) is 12.1 Å². The minimum atomic E-state index is -4.39. The van der Waals surface area contributed by atoms with Crippen LogP contribution in [0.2, 0.25) is 0 Å². The lowest BCUT2D eigenvalue weighted by molar-refractivity contribution is -0.137. The molecule has 0 amide bonds. The summed E-state index contributed by atoms with van der Waals surface area (Å²) in [5.74, 6) is 1.10. The van der Waals surface area contributed by atoms with Gasteiger partial charge in [0.25, 0.3) is 0 Å². The van der Waals surface area contributed by atoms with Gasteiger partial charge in [-0.25, -0.2) is 0 Å². The fraction of sp³-hybridized carbons (Fsp3) is 0.350. The smallest absolute Gasteiger partial charge is 0.417 e. The SMILES string of the molecule is CN=Cc1ccc(C2CC2c2ccc(CI)cc2OC)cc1C(F)(F)F. The van der Waals surface area contributed by atoms with E-state index in [4.69, 9.17) is 4.74 Å². The van der Waals surface area contributed by atoms with Gasteiger partial charge in [-0.2, -0.15) is 13.2 Å². The Labute approximate surface area is 164 Å². The van der Waals surface area contributed by atoms with Crippen molar-refractivity contribution in [2.45, 2.75) is 28.9 Å². The molecule has 2 aromatic rings. The molecule has 2 nitrogen and oxygen atoms in total. The topological polar surface area (TPSA) is 21.6 Å². The van der Waals surface area contributed by atoms with Crippen LogP contribution in [0.25, 0.3) is 0 Å². The highest BCUT2D eigenvalue weighted by atomic mass is 127. The highest BCUT2D eigenvalue weighted by Gasteiger charge is 2.42. The molecule has 26 heavy (non-hydrogen) atoms. The van der Waals surface area contributed by atoms with Crippen molar-refractivity contribution < 1.29 is 17.9 Å². The predicted octanol–water partition coefficient (Wildman–Crippen LogP) is 5.97. The zero-order chi connectivity index (χ0) is 18.9. The first kappa shape index (κ1) is 19.2. The summed E-state index contributed by atoms with van der Waals surface area (Å²) in [6, 6.07) is 10.7. The Bertz CT molecular complexity index is 832. The summed E-state index contributed by atoms with van der Waals surface area (Å²) >= 11 is 2.29. The number of methoxy groups -OCH3 is 1. The molecule has 0 spiro atoms. The normalized spacial score (nSPS) is 19.8. The maximum atomic E-state index is 13.4. The molecule has 0 saturated heterocycles. The highest BCUT2D eigenvalue weighted by molar-refractivity contribution is 14.1. The Morgan fingerprint density at radius 2 is 1.96 bits per heavy atom. The van der Waals surface area contributed by atoms with E-state index in [9.17, 15) is 13.2 Å². The van der Waals surface area contributed by atoms with Crippen molar-refractivity contribution in [2.24, 2.45) is 4.99 Å². The fourth-order valence-corrected chi connectivity index (χ4v) is 3.83. The second-order valence-corrected chi connectivity index (χ2v) is 7.15. The van der Waals surface area contributed by atoms with Gasteiger partial charge in [0, 0.05) is 23.3 Å². The van der Waals surface area contributed by atoms with E-state index in [1.54, 1.807) is 13.2 Å². The lowest BCUT2D eigenvalue weighted by Crippen LogP contribution is -2.09. The van der Waals surface area contributed by atoms with Crippen LogP contribution in [0.4, 0.5) is 13.2 Å². The van der Waals surface area contributed by atoms with Gasteiger partial charge >= 0.3 is 6.18 Å². The first-order chi connectivity index (χ1) is 12.4. The van der Waals surface area contributed by atoms with Gasteiger partial charge in [0.2, 0.25) is 0 Å². The monoisotopic (exact) mass is 473 g/mol. The lowest BCUT2D eigenvalue weighted by atomic mass is 9.98. The number of hydrogen-bond acceptors (Lipinski definition) is 2. The summed E-state index contributed by atoms with van der Waals surface area (Å²) in [4.78, 5) is 3.73. The quantitative estimate of drug-likeness (QED) is 0.298. The lowest BCUT2D eigenvalue weighted by Gasteiger charge is -2.13. The molecule has 0 N–H and O–H groups in total. The summed E-state index contributed by atoms with van der Waals surface area (Å²) < 4.78 is 46.5. The molecule has 2 unspecified atom stereocenters. The molecule has 0 radical (unpaired) electrons. The van der Waals surface area contributed by atoms with Crippen LogP contribution in [0, 0.1) is 0 Å². The maximum Gasteiger partial charge on any atom is 0.417 e. The van der Waals surface area contributed by atoms with Crippen LogP contribution in [0.15, 0.2) is 41.4 Å². The van der Waals surface area contributed by atoms with Crippen molar-refractivity contribution in [2.75, 3.05) is 14.2 Å². The molecular formula is C20H19F3INO. The molecule has 3 rings (SSSR count). The largest absolute Gasteiger partial charge is 0.496 e.